The molecule has 0 unspecified atom stereocenters. The Balaban J connectivity index is 1.95. The number of nitrogens with zero attached hydrogens (tertiary/aromatic N) is 2. The van der Waals surface area contributed by atoms with Gasteiger partial charge in [-0.15, -0.1) is 10.2 Å². The van der Waals surface area contributed by atoms with Gasteiger partial charge in [0.05, 0.1) is 16.5 Å². The zero-order valence-electron chi connectivity index (χ0n) is 11.7. The molecule has 1 aromatic carbocycles. The smallest absolute Gasteiger partial charge is 0.230 e. The molecule has 0 spiro atoms. The number of rotatable bonds is 5. The van der Waals surface area contributed by atoms with Crippen LogP contribution in [-0.2, 0) is 17.6 Å². The standard InChI is InChI=1S/C14H15Cl2N3OS/c1-8(2)5-13-18-19-14(21-13)17-12(20)7-9-3-4-10(15)11(16)6-9/h3-4,6,8H,5,7H2,1-2H3,(H,17,19,20). The lowest BCUT2D eigenvalue weighted by atomic mass is 10.1. The number of benzene rings is 1. The minimum absolute atomic E-state index is 0.152. The maximum atomic E-state index is 12.0. The lowest BCUT2D eigenvalue weighted by molar-refractivity contribution is -0.115. The van der Waals surface area contributed by atoms with Crippen molar-refractivity contribution < 1.29 is 4.79 Å². The van der Waals surface area contributed by atoms with Gasteiger partial charge in [0.2, 0.25) is 11.0 Å². The fourth-order valence-corrected chi connectivity index (χ4v) is 3.02. The number of carbonyl (C=O) groups is 1. The van der Waals surface area contributed by atoms with Gasteiger partial charge in [0.1, 0.15) is 5.01 Å². The molecule has 112 valence electrons. The largest absolute Gasteiger partial charge is 0.300 e. The number of nitrogens with one attached hydrogen (secondary N) is 1. The van der Waals surface area contributed by atoms with Gasteiger partial charge in [-0.1, -0.05) is 54.5 Å². The third-order valence-corrected chi connectivity index (χ3v) is 4.24. The van der Waals surface area contributed by atoms with Gasteiger partial charge in [0.15, 0.2) is 0 Å². The van der Waals surface area contributed by atoms with Crippen molar-refractivity contribution >= 4 is 45.6 Å². The highest BCUT2D eigenvalue weighted by atomic mass is 35.5. The molecule has 21 heavy (non-hydrogen) atoms. The summed E-state index contributed by atoms with van der Waals surface area (Å²) in [5.74, 6) is 0.360. The molecule has 1 heterocycles. The first-order chi connectivity index (χ1) is 9.94. The summed E-state index contributed by atoms with van der Waals surface area (Å²) in [6.45, 7) is 4.23. The molecular formula is C14H15Cl2N3OS. The van der Waals surface area contributed by atoms with E-state index in [4.69, 9.17) is 23.2 Å². The van der Waals surface area contributed by atoms with Crippen LogP contribution in [0.25, 0.3) is 0 Å². The van der Waals surface area contributed by atoms with Crippen LogP contribution in [0.2, 0.25) is 10.0 Å². The molecule has 7 heteroatoms. The van der Waals surface area contributed by atoms with Gasteiger partial charge < -0.3 is 5.32 Å². The first kappa shape index (κ1) is 16.2. The van der Waals surface area contributed by atoms with E-state index < -0.39 is 0 Å². The fraction of sp³-hybridized carbons (Fsp3) is 0.357. The minimum atomic E-state index is -0.152. The zero-order valence-corrected chi connectivity index (χ0v) is 14.0. The lowest BCUT2D eigenvalue weighted by Gasteiger charge is -2.03. The molecule has 0 saturated carbocycles. The molecule has 0 atom stereocenters. The molecule has 0 aliphatic carbocycles. The SMILES string of the molecule is CC(C)Cc1nnc(NC(=O)Cc2ccc(Cl)c(Cl)c2)s1. The molecule has 0 aliphatic rings. The van der Waals surface area contributed by atoms with Crippen molar-refractivity contribution in [3.8, 4) is 0 Å². The van der Waals surface area contributed by atoms with E-state index in [9.17, 15) is 4.79 Å². The van der Waals surface area contributed by atoms with E-state index in [2.05, 4.69) is 29.4 Å². The van der Waals surface area contributed by atoms with Crippen LogP contribution in [0.15, 0.2) is 18.2 Å². The van der Waals surface area contributed by atoms with Crippen LogP contribution in [0.3, 0.4) is 0 Å². The van der Waals surface area contributed by atoms with E-state index in [0.717, 1.165) is 17.0 Å². The normalized spacial score (nSPS) is 10.9. The first-order valence-corrected chi connectivity index (χ1v) is 8.07. The zero-order chi connectivity index (χ0) is 15.4. The number of carbonyl (C=O) groups excluding carboxylic acids is 1. The summed E-state index contributed by atoms with van der Waals surface area (Å²) in [7, 11) is 0. The van der Waals surface area contributed by atoms with E-state index in [1.165, 1.54) is 11.3 Å². The third-order valence-electron chi connectivity index (χ3n) is 2.64. The Bertz CT molecular complexity index is 643. The summed E-state index contributed by atoms with van der Waals surface area (Å²) in [6, 6.07) is 5.14. The van der Waals surface area contributed by atoms with Crippen molar-refractivity contribution in [2.75, 3.05) is 5.32 Å². The van der Waals surface area contributed by atoms with Crippen LogP contribution in [-0.4, -0.2) is 16.1 Å². The molecule has 2 rings (SSSR count). The summed E-state index contributed by atoms with van der Waals surface area (Å²) < 4.78 is 0. The lowest BCUT2D eigenvalue weighted by Crippen LogP contribution is -2.14. The first-order valence-electron chi connectivity index (χ1n) is 6.50. The maximum absolute atomic E-state index is 12.0. The van der Waals surface area contributed by atoms with Gasteiger partial charge in [-0.05, 0) is 23.6 Å². The Morgan fingerprint density at radius 1 is 1.29 bits per heavy atom. The average Bonchev–Trinajstić information content (AvgIpc) is 2.80. The van der Waals surface area contributed by atoms with E-state index >= 15 is 0 Å². The van der Waals surface area contributed by atoms with Crippen molar-refractivity contribution in [1.82, 2.24) is 10.2 Å². The number of aromatic nitrogens is 2. The monoisotopic (exact) mass is 343 g/mol. The number of hydrogen-bond donors (Lipinski definition) is 1. The Hall–Kier alpha value is -1.17. The van der Waals surface area contributed by atoms with Gasteiger partial charge >= 0.3 is 0 Å². The second-order valence-electron chi connectivity index (χ2n) is 5.07. The Kier molecular flexibility index (Phi) is 5.56. The molecule has 1 N–H and O–H groups in total. The number of anilines is 1. The van der Waals surface area contributed by atoms with E-state index in [0.29, 0.717) is 21.1 Å². The molecule has 1 amide bonds. The van der Waals surface area contributed by atoms with Crippen molar-refractivity contribution in [2.45, 2.75) is 26.7 Å². The highest BCUT2D eigenvalue weighted by molar-refractivity contribution is 7.15. The molecule has 4 nitrogen and oxygen atoms in total. The van der Waals surface area contributed by atoms with Crippen molar-refractivity contribution in [2.24, 2.45) is 5.92 Å². The molecular weight excluding hydrogens is 329 g/mol. The highest BCUT2D eigenvalue weighted by Gasteiger charge is 2.10. The highest BCUT2D eigenvalue weighted by Crippen LogP contribution is 2.23. The van der Waals surface area contributed by atoms with Gasteiger partial charge in [-0.3, -0.25) is 4.79 Å². The second-order valence-corrected chi connectivity index (χ2v) is 6.95. The van der Waals surface area contributed by atoms with Crippen LogP contribution < -0.4 is 5.32 Å². The van der Waals surface area contributed by atoms with Gasteiger partial charge in [0, 0.05) is 6.42 Å². The van der Waals surface area contributed by atoms with Crippen LogP contribution in [0.4, 0.5) is 5.13 Å². The maximum Gasteiger partial charge on any atom is 0.230 e. The molecule has 0 aliphatic heterocycles. The number of hydrogen-bond acceptors (Lipinski definition) is 4. The number of amides is 1. The molecule has 1 aromatic heterocycles. The summed E-state index contributed by atoms with van der Waals surface area (Å²) in [6.07, 6.45) is 1.08. The predicted molar refractivity (Wildman–Crippen MR) is 87.2 cm³/mol. The average molecular weight is 344 g/mol. The molecule has 0 bridgehead atoms. The summed E-state index contributed by atoms with van der Waals surface area (Å²) in [5, 5.41) is 13.1. The van der Waals surface area contributed by atoms with Gasteiger partial charge in [-0.2, -0.15) is 0 Å². The predicted octanol–water partition coefficient (Wildman–Crippen LogP) is 4.22. The molecule has 2 aromatic rings. The van der Waals surface area contributed by atoms with Crippen LogP contribution in [0.5, 0.6) is 0 Å². The Labute approximate surface area is 137 Å². The Morgan fingerprint density at radius 3 is 2.71 bits per heavy atom. The Morgan fingerprint density at radius 2 is 2.05 bits per heavy atom. The van der Waals surface area contributed by atoms with Crippen LogP contribution >= 0.6 is 34.5 Å². The molecule has 0 radical (unpaired) electrons. The topological polar surface area (TPSA) is 54.9 Å². The molecule has 0 saturated heterocycles. The summed E-state index contributed by atoms with van der Waals surface area (Å²) >= 11 is 13.2. The van der Waals surface area contributed by atoms with Crippen molar-refractivity contribution in [3.63, 3.8) is 0 Å². The van der Waals surface area contributed by atoms with E-state index in [1.807, 2.05) is 0 Å². The summed E-state index contributed by atoms with van der Waals surface area (Å²) in [5.41, 5.74) is 0.800. The summed E-state index contributed by atoms with van der Waals surface area (Å²) in [4.78, 5) is 12.0. The van der Waals surface area contributed by atoms with Gasteiger partial charge in [0.25, 0.3) is 0 Å². The van der Waals surface area contributed by atoms with Gasteiger partial charge in [-0.25, -0.2) is 0 Å². The molecule has 0 fully saturated rings. The van der Waals surface area contributed by atoms with Crippen LogP contribution in [0, 0.1) is 5.92 Å². The second kappa shape index (κ2) is 7.20. The van der Waals surface area contributed by atoms with Crippen molar-refractivity contribution in [1.29, 1.82) is 0 Å². The van der Waals surface area contributed by atoms with E-state index in [-0.39, 0.29) is 12.3 Å². The van der Waals surface area contributed by atoms with Crippen molar-refractivity contribution in [3.05, 3.63) is 38.8 Å². The quantitative estimate of drug-likeness (QED) is 0.883. The van der Waals surface area contributed by atoms with Crippen LogP contribution in [0.1, 0.15) is 24.4 Å². The van der Waals surface area contributed by atoms with E-state index in [1.54, 1.807) is 18.2 Å². The fourth-order valence-electron chi connectivity index (χ4n) is 1.73. The minimum Gasteiger partial charge on any atom is -0.300 e. The third kappa shape index (κ3) is 4.95. The number of halogens is 2.